The average molecular weight is 332 g/mol. The first-order valence-electron chi connectivity index (χ1n) is 9.20. The van der Waals surface area contributed by atoms with E-state index in [2.05, 4.69) is 79.5 Å². The Labute approximate surface area is 152 Å². The van der Waals surface area contributed by atoms with E-state index < -0.39 is 0 Å². The molecule has 1 heteroatoms. The van der Waals surface area contributed by atoms with E-state index in [0.29, 0.717) is 0 Å². The molecular weight excluding hydrogens is 302 g/mol. The van der Waals surface area contributed by atoms with Crippen molar-refractivity contribution in [3.05, 3.63) is 84.0 Å². The molecule has 2 aromatic rings. The van der Waals surface area contributed by atoms with Crippen molar-refractivity contribution in [1.82, 2.24) is 0 Å². The monoisotopic (exact) mass is 331 g/mol. The van der Waals surface area contributed by atoms with Crippen molar-refractivity contribution >= 4 is 6.21 Å². The highest BCUT2D eigenvalue weighted by atomic mass is 14.7. The number of hydrogen-bond acceptors (Lipinski definition) is 1. The van der Waals surface area contributed by atoms with Crippen molar-refractivity contribution in [2.24, 2.45) is 4.99 Å². The average Bonchev–Trinajstić information content (AvgIpc) is 2.64. The highest BCUT2D eigenvalue weighted by Gasteiger charge is 1.98. The molecule has 0 amide bonds. The minimum absolute atomic E-state index is 0.923. The third-order valence-corrected chi connectivity index (χ3v) is 4.05. The van der Waals surface area contributed by atoms with Crippen LogP contribution in [-0.2, 0) is 6.42 Å². The van der Waals surface area contributed by atoms with Gasteiger partial charge in [0, 0.05) is 12.8 Å². The van der Waals surface area contributed by atoms with Crippen LogP contribution < -0.4 is 0 Å². The van der Waals surface area contributed by atoms with Crippen molar-refractivity contribution in [3.63, 3.8) is 0 Å². The van der Waals surface area contributed by atoms with Crippen LogP contribution in [0.2, 0.25) is 0 Å². The van der Waals surface area contributed by atoms with Crippen LogP contribution in [0.15, 0.2) is 83.4 Å². The highest BCUT2D eigenvalue weighted by Crippen LogP contribution is 2.19. The zero-order valence-electron chi connectivity index (χ0n) is 15.5. The molecule has 2 aromatic carbocycles. The Bertz CT molecular complexity index is 687. The molecule has 0 heterocycles. The Morgan fingerprint density at radius 3 is 2.24 bits per heavy atom. The van der Waals surface area contributed by atoms with Gasteiger partial charge in [0.15, 0.2) is 0 Å². The highest BCUT2D eigenvalue weighted by molar-refractivity contribution is 5.71. The summed E-state index contributed by atoms with van der Waals surface area (Å²) in [5.41, 5.74) is 5.31. The van der Waals surface area contributed by atoms with Crippen LogP contribution in [-0.4, -0.2) is 12.8 Å². The molecule has 0 bridgehead atoms. The van der Waals surface area contributed by atoms with Gasteiger partial charge in [0.1, 0.15) is 0 Å². The van der Waals surface area contributed by atoms with Crippen LogP contribution in [0.5, 0.6) is 0 Å². The number of unbranched alkanes of at least 4 members (excludes halogenated alkanes) is 2. The Kier molecular flexibility index (Phi) is 8.48. The molecule has 25 heavy (non-hydrogen) atoms. The summed E-state index contributed by atoms with van der Waals surface area (Å²) in [7, 11) is 0. The summed E-state index contributed by atoms with van der Waals surface area (Å²) in [5, 5.41) is 0. The number of rotatable bonds is 9. The van der Waals surface area contributed by atoms with Gasteiger partial charge in [-0.1, -0.05) is 78.7 Å². The van der Waals surface area contributed by atoms with Gasteiger partial charge in [-0.3, -0.25) is 4.99 Å². The summed E-state index contributed by atoms with van der Waals surface area (Å²) in [5.74, 6) is 0. The normalized spacial score (nSPS) is 11.3. The number of hydrogen-bond donors (Lipinski definition) is 0. The van der Waals surface area contributed by atoms with Gasteiger partial charge in [0.2, 0.25) is 0 Å². The van der Waals surface area contributed by atoms with Gasteiger partial charge in [0.05, 0.1) is 0 Å². The van der Waals surface area contributed by atoms with E-state index >= 15 is 0 Å². The largest absolute Gasteiger partial charge is 0.293 e. The van der Waals surface area contributed by atoms with Gasteiger partial charge >= 0.3 is 0 Å². The molecule has 130 valence electrons. The summed E-state index contributed by atoms with van der Waals surface area (Å²) in [6, 6.07) is 19.5. The van der Waals surface area contributed by atoms with E-state index in [1.165, 1.54) is 35.1 Å². The lowest BCUT2D eigenvalue weighted by Crippen LogP contribution is -1.88. The van der Waals surface area contributed by atoms with Crippen LogP contribution in [0.4, 0.5) is 0 Å². The molecular formula is C24H29N. The maximum absolute atomic E-state index is 4.42. The van der Waals surface area contributed by atoms with Crippen molar-refractivity contribution in [2.75, 3.05) is 6.54 Å². The summed E-state index contributed by atoms with van der Waals surface area (Å²) in [6.45, 7) is 5.11. The van der Waals surface area contributed by atoms with E-state index in [9.17, 15) is 0 Å². The molecule has 0 atom stereocenters. The molecule has 0 fully saturated rings. The van der Waals surface area contributed by atoms with E-state index in [0.717, 1.165) is 19.4 Å². The van der Waals surface area contributed by atoms with E-state index in [1.807, 2.05) is 18.4 Å². The second kappa shape index (κ2) is 11.2. The Hall–Kier alpha value is -2.41. The molecule has 0 aliphatic rings. The number of aliphatic imine (C=N–C) groups is 1. The van der Waals surface area contributed by atoms with Crippen LogP contribution in [0, 0.1) is 0 Å². The number of benzene rings is 2. The van der Waals surface area contributed by atoms with Gasteiger partial charge in [-0.05, 0) is 55.9 Å². The van der Waals surface area contributed by atoms with E-state index in [1.54, 1.807) is 0 Å². The lowest BCUT2D eigenvalue weighted by Gasteiger charge is -2.04. The predicted molar refractivity (Wildman–Crippen MR) is 111 cm³/mol. The molecule has 0 N–H and O–H groups in total. The van der Waals surface area contributed by atoms with Gasteiger partial charge < -0.3 is 0 Å². The van der Waals surface area contributed by atoms with E-state index in [-0.39, 0.29) is 0 Å². The fourth-order valence-electron chi connectivity index (χ4n) is 2.64. The lowest BCUT2D eigenvalue weighted by atomic mass is 10.0. The number of aryl methyl sites for hydroxylation is 1. The lowest BCUT2D eigenvalue weighted by molar-refractivity contribution is 0.688. The first kappa shape index (κ1) is 18.9. The second-order valence-corrected chi connectivity index (χ2v) is 6.56. The fraction of sp³-hybridized carbons (Fsp3) is 0.292. The van der Waals surface area contributed by atoms with Crippen LogP contribution in [0.3, 0.4) is 0 Å². The minimum atomic E-state index is 0.923. The standard InChI is InChI=1S/C24H29N/c1-21(2)11-8-10-20-25-19-9-4-5-12-22-15-17-24(18-16-22)23-13-6-3-7-14-23/h3,6-8,10-11,13-18,20H,4-5,9,12,19H2,1-2H3/b10-8-,25-20?. The van der Waals surface area contributed by atoms with Crippen molar-refractivity contribution in [2.45, 2.75) is 39.5 Å². The summed E-state index contributed by atoms with van der Waals surface area (Å²) < 4.78 is 0. The van der Waals surface area contributed by atoms with Gasteiger partial charge in [-0.25, -0.2) is 0 Å². The maximum atomic E-state index is 4.42. The van der Waals surface area contributed by atoms with Crippen LogP contribution in [0.25, 0.3) is 11.1 Å². The van der Waals surface area contributed by atoms with Gasteiger partial charge in [-0.15, -0.1) is 0 Å². The molecule has 0 aliphatic heterocycles. The number of nitrogens with zero attached hydrogens (tertiary/aromatic N) is 1. The summed E-state index contributed by atoms with van der Waals surface area (Å²) in [6.07, 6.45) is 12.8. The third kappa shape index (κ3) is 7.80. The number of allylic oxidation sites excluding steroid dienone is 4. The maximum Gasteiger partial charge on any atom is 0.0389 e. The summed E-state index contributed by atoms with van der Waals surface area (Å²) >= 11 is 0. The third-order valence-electron chi connectivity index (χ3n) is 4.05. The van der Waals surface area contributed by atoms with Gasteiger partial charge in [-0.2, -0.15) is 0 Å². The zero-order chi connectivity index (χ0) is 17.7. The molecule has 0 saturated heterocycles. The Morgan fingerprint density at radius 2 is 1.52 bits per heavy atom. The molecule has 0 aromatic heterocycles. The Balaban J connectivity index is 1.63. The molecule has 0 aliphatic carbocycles. The van der Waals surface area contributed by atoms with Crippen molar-refractivity contribution in [1.29, 1.82) is 0 Å². The second-order valence-electron chi connectivity index (χ2n) is 6.56. The zero-order valence-corrected chi connectivity index (χ0v) is 15.5. The SMILES string of the molecule is CC(C)=C/C=C\C=NCCCCCc1ccc(-c2ccccc2)cc1. The minimum Gasteiger partial charge on any atom is -0.293 e. The predicted octanol–water partition coefficient (Wildman–Crippen LogP) is 6.66. The van der Waals surface area contributed by atoms with Crippen molar-refractivity contribution < 1.29 is 0 Å². The van der Waals surface area contributed by atoms with Crippen LogP contribution in [0.1, 0.15) is 38.7 Å². The fourth-order valence-corrected chi connectivity index (χ4v) is 2.64. The molecule has 0 unspecified atom stereocenters. The molecule has 0 spiro atoms. The molecule has 0 radical (unpaired) electrons. The first-order chi connectivity index (χ1) is 12.3. The van der Waals surface area contributed by atoms with Crippen LogP contribution >= 0.6 is 0 Å². The first-order valence-corrected chi connectivity index (χ1v) is 9.20. The topological polar surface area (TPSA) is 12.4 Å². The molecule has 0 saturated carbocycles. The van der Waals surface area contributed by atoms with Crippen molar-refractivity contribution in [3.8, 4) is 11.1 Å². The smallest absolute Gasteiger partial charge is 0.0389 e. The Morgan fingerprint density at radius 1 is 0.800 bits per heavy atom. The summed E-state index contributed by atoms with van der Waals surface area (Å²) in [4.78, 5) is 4.42. The molecule has 2 rings (SSSR count). The molecule has 1 nitrogen and oxygen atoms in total. The quantitative estimate of drug-likeness (QED) is 0.277. The van der Waals surface area contributed by atoms with E-state index in [4.69, 9.17) is 0 Å². The van der Waals surface area contributed by atoms with Gasteiger partial charge in [0.25, 0.3) is 0 Å².